The summed E-state index contributed by atoms with van der Waals surface area (Å²) in [6, 6.07) is 22.4. The van der Waals surface area contributed by atoms with Crippen molar-refractivity contribution in [3.63, 3.8) is 0 Å². The van der Waals surface area contributed by atoms with Crippen molar-refractivity contribution in [1.82, 2.24) is 15.2 Å². The van der Waals surface area contributed by atoms with E-state index in [0.717, 1.165) is 11.1 Å². The van der Waals surface area contributed by atoms with Crippen molar-refractivity contribution in [2.75, 3.05) is 5.32 Å². The number of hydrogen-bond acceptors (Lipinski definition) is 6. The van der Waals surface area contributed by atoms with Crippen LogP contribution in [0.15, 0.2) is 88.7 Å². The Bertz CT molecular complexity index is 1360. The van der Waals surface area contributed by atoms with E-state index in [0.29, 0.717) is 33.7 Å². The number of halogens is 1. The normalized spacial score (nSPS) is 10.8. The molecule has 0 radical (unpaired) electrons. The van der Waals surface area contributed by atoms with Crippen molar-refractivity contribution >= 4 is 22.4 Å². The number of aromatic nitrogens is 3. The third kappa shape index (κ3) is 4.17. The van der Waals surface area contributed by atoms with Crippen molar-refractivity contribution in [1.29, 1.82) is 0 Å². The van der Waals surface area contributed by atoms with Crippen molar-refractivity contribution in [2.24, 2.45) is 0 Å². The zero-order chi connectivity index (χ0) is 21.9. The van der Waals surface area contributed by atoms with Crippen LogP contribution in [0.1, 0.15) is 10.4 Å². The van der Waals surface area contributed by atoms with Crippen LogP contribution in [0, 0.1) is 5.82 Å². The molecule has 0 bridgehead atoms. The van der Waals surface area contributed by atoms with Crippen LogP contribution in [0.25, 0.3) is 34.2 Å². The quantitative estimate of drug-likeness (QED) is 0.365. The largest absolute Gasteiger partial charge is 0.416 e. The number of carbonyl (C=O) groups is 1. The molecule has 0 aliphatic carbocycles. The highest BCUT2D eigenvalue weighted by Gasteiger charge is 2.13. The molecule has 0 unspecified atom stereocenters. The predicted octanol–water partition coefficient (Wildman–Crippen LogP) is 5.92. The van der Waals surface area contributed by atoms with Gasteiger partial charge in [0.15, 0.2) is 5.13 Å². The van der Waals surface area contributed by atoms with Crippen LogP contribution < -0.4 is 5.32 Å². The summed E-state index contributed by atoms with van der Waals surface area (Å²) < 4.78 is 18.8. The van der Waals surface area contributed by atoms with Gasteiger partial charge < -0.3 is 4.42 Å². The molecular formula is C24H15FN4O2S. The van der Waals surface area contributed by atoms with E-state index < -0.39 is 0 Å². The van der Waals surface area contributed by atoms with Crippen LogP contribution in [0.5, 0.6) is 0 Å². The molecule has 2 aromatic heterocycles. The minimum atomic E-state index is -0.308. The van der Waals surface area contributed by atoms with Crippen LogP contribution in [-0.2, 0) is 0 Å². The van der Waals surface area contributed by atoms with Gasteiger partial charge in [-0.2, -0.15) is 0 Å². The Labute approximate surface area is 186 Å². The van der Waals surface area contributed by atoms with E-state index in [4.69, 9.17) is 4.42 Å². The number of hydrogen-bond donors (Lipinski definition) is 1. The average molecular weight is 442 g/mol. The lowest BCUT2D eigenvalue weighted by Gasteiger charge is -2.02. The molecule has 3 aromatic carbocycles. The van der Waals surface area contributed by atoms with Crippen molar-refractivity contribution < 1.29 is 13.6 Å². The highest BCUT2D eigenvalue weighted by molar-refractivity contribution is 7.14. The molecule has 0 spiro atoms. The van der Waals surface area contributed by atoms with E-state index in [2.05, 4.69) is 20.5 Å². The average Bonchev–Trinajstić information content (AvgIpc) is 3.51. The monoisotopic (exact) mass is 442 g/mol. The zero-order valence-corrected chi connectivity index (χ0v) is 17.3. The highest BCUT2D eigenvalue weighted by atomic mass is 32.1. The molecule has 0 fully saturated rings. The minimum absolute atomic E-state index is 0.285. The molecule has 32 heavy (non-hydrogen) atoms. The van der Waals surface area contributed by atoms with E-state index >= 15 is 0 Å². The summed E-state index contributed by atoms with van der Waals surface area (Å²) in [4.78, 5) is 17.0. The molecule has 0 aliphatic rings. The molecule has 5 rings (SSSR count). The maximum absolute atomic E-state index is 13.1. The smallest absolute Gasteiger partial charge is 0.257 e. The van der Waals surface area contributed by atoms with Crippen LogP contribution in [-0.4, -0.2) is 21.1 Å². The fourth-order valence-corrected chi connectivity index (χ4v) is 3.77. The fraction of sp³-hybridized carbons (Fsp3) is 0. The van der Waals surface area contributed by atoms with Gasteiger partial charge in [0.05, 0.1) is 5.69 Å². The van der Waals surface area contributed by atoms with E-state index in [1.54, 1.807) is 36.4 Å². The molecule has 0 atom stereocenters. The van der Waals surface area contributed by atoms with Gasteiger partial charge in [-0.1, -0.05) is 18.2 Å². The van der Waals surface area contributed by atoms with Gasteiger partial charge in [-0.3, -0.25) is 10.1 Å². The summed E-state index contributed by atoms with van der Waals surface area (Å²) in [6.45, 7) is 0. The Morgan fingerprint density at radius 3 is 2.12 bits per heavy atom. The van der Waals surface area contributed by atoms with E-state index in [9.17, 15) is 9.18 Å². The van der Waals surface area contributed by atoms with E-state index in [1.165, 1.54) is 23.5 Å². The molecule has 1 amide bonds. The Morgan fingerprint density at radius 2 is 1.44 bits per heavy atom. The first-order chi connectivity index (χ1) is 15.7. The fourth-order valence-electron chi connectivity index (χ4n) is 3.06. The van der Waals surface area contributed by atoms with Gasteiger partial charge in [0.1, 0.15) is 5.82 Å². The summed E-state index contributed by atoms with van der Waals surface area (Å²) >= 11 is 1.30. The molecule has 156 valence electrons. The molecule has 0 saturated carbocycles. The van der Waals surface area contributed by atoms with Crippen LogP contribution in [0.2, 0.25) is 0 Å². The number of benzene rings is 3. The standard InChI is InChI=1S/C24H15FN4O2S/c25-19-12-10-15(11-13-19)20-14-32-24(26-20)27-21(30)16-6-8-18(9-7-16)23-29-28-22(31-23)17-4-2-1-3-5-17/h1-14H,(H,26,27,30). The van der Waals surface area contributed by atoms with E-state index in [1.807, 2.05) is 35.7 Å². The Morgan fingerprint density at radius 1 is 0.812 bits per heavy atom. The predicted molar refractivity (Wildman–Crippen MR) is 121 cm³/mol. The van der Waals surface area contributed by atoms with Crippen molar-refractivity contribution in [2.45, 2.75) is 0 Å². The van der Waals surface area contributed by atoms with Gasteiger partial charge >= 0.3 is 0 Å². The zero-order valence-electron chi connectivity index (χ0n) is 16.5. The molecular weight excluding hydrogens is 427 g/mol. The van der Waals surface area contributed by atoms with Crippen molar-refractivity contribution in [3.8, 4) is 34.2 Å². The molecule has 0 saturated heterocycles. The Balaban J connectivity index is 1.28. The third-order valence-corrected chi connectivity index (χ3v) is 5.46. The molecule has 0 aliphatic heterocycles. The number of thiazole rings is 1. The maximum Gasteiger partial charge on any atom is 0.257 e. The second-order valence-electron chi connectivity index (χ2n) is 6.85. The lowest BCUT2D eigenvalue weighted by atomic mass is 10.1. The topological polar surface area (TPSA) is 80.9 Å². The van der Waals surface area contributed by atoms with Crippen molar-refractivity contribution in [3.05, 3.63) is 95.6 Å². The summed E-state index contributed by atoms with van der Waals surface area (Å²) in [6.07, 6.45) is 0. The molecule has 5 aromatic rings. The Hall–Kier alpha value is -4.17. The van der Waals surface area contributed by atoms with Gasteiger partial charge in [-0.05, 0) is 60.7 Å². The first-order valence-electron chi connectivity index (χ1n) is 9.68. The summed E-state index contributed by atoms with van der Waals surface area (Å²) in [5.74, 6) is 0.215. The molecule has 1 N–H and O–H groups in total. The second kappa shape index (κ2) is 8.52. The van der Waals surface area contributed by atoms with E-state index in [-0.39, 0.29) is 11.7 Å². The minimum Gasteiger partial charge on any atom is -0.416 e. The third-order valence-electron chi connectivity index (χ3n) is 4.70. The summed E-state index contributed by atoms with van der Waals surface area (Å²) in [5, 5.41) is 13.2. The number of nitrogens with zero attached hydrogens (tertiary/aromatic N) is 3. The second-order valence-corrected chi connectivity index (χ2v) is 7.71. The van der Waals surface area contributed by atoms with Gasteiger partial charge in [0.2, 0.25) is 11.8 Å². The van der Waals surface area contributed by atoms with Gasteiger partial charge in [-0.25, -0.2) is 9.37 Å². The number of nitrogens with one attached hydrogen (secondary N) is 1. The Kier molecular flexibility index (Phi) is 5.27. The first-order valence-corrected chi connectivity index (χ1v) is 10.6. The van der Waals surface area contributed by atoms with Crippen LogP contribution >= 0.6 is 11.3 Å². The van der Waals surface area contributed by atoms with Crippen LogP contribution in [0.4, 0.5) is 9.52 Å². The molecule has 6 nitrogen and oxygen atoms in total. The first kappa shape index (κ1) is 19.8. The molecule has 2 heterocycles. The lowest BCUT2D eigenvalue weighted by Crippen LogP contribution is -2.11. The van der Waals surface area contributed by atoms with Gasteiger partial charge in [-0.15, -0.1) is 21.5 Å². The number of rotatable bonds is 5. The van der Waals surface area contributed by atoms with Gasteiger partial charge in [0.25, 0.3) is 5.91 Å². The lowest BCUT2D eigenvalue weighted by molar-refractivity contribution is 0.102. The number of amides is 1. The SMILES string of the molecule is O=C(Nc1nc(-c2ccc(F)cc2)cs1)c1ccc(-c2nnc(-c3ccccc3)o2)cc1. The van der Waals surface area contributed by atoms with Gasteiger partial charge in [0, 0.05) is 27.6 Å². The summed E-state index contributed by atoms with van der Waals surface area (Å²) in [5.41, 5.74) is 3.47. The number of anilines is 1. The van der Waals surface area contributed by atoms with Crippen LogP contribution in [0.3, 0.4) is 0 Å². The highest BCUT2D eigenvalue weighted by Crippen LogP contribution is 2.26. The maximum atomic E-state index is 13.1. The molecule has 8 heteroatoms. The summed E-state index contributed by atoms with van der Waals surface area (Å²) in [7, 11) is 0. The number of carbonyl (C=O) groups excluding carboxylic acids is 1.